The van der Waals surface area contributed by atoms with Crippen LogP contribution in [0.3, 0.4) is 0 Å². The van der Waals surface area contributed by atoms with Gasteiger partial charge in [0.25, 0.3) is 0 Å². The van der Waals surface area contributed by atoms with Crippen molar-refractivity contribution in [2.45, 2.75) is 6.18 Å². The van der Waals surface area contributed by atoms with Crippen molar-refractivity contribution in [1.29, 1.82) is 0 Å². The van der Waals surface area contributed by atoms with Crippen molar-refractivity contribution in [2.75, 3.05) is 17.7 Å². The van der Waals surface area contributed by atoms with Crippen LogP contribution in [0, 0.1) is 0 Å². The standard InChI is InChI=1S/C23H18Cl2F3N5O2/c1-30-11-13(10-29)20-9-21(19(25)12-31-20)35-16-5-2-14(3-6-16)32-22(34)33-15-4-7-18(24)17(8-15)23(26,27)28/h2-12H,29H2,1H3,(H2,32,33,34). The first-order chi connectivity index (χ1) is 16.6. The molecule has 1 aromatic heterocycles. The van der Waals surface area contributed by atoms with E-state index in [0.717, 1.165) is 12.1 Å². The molecule has 0 atom stereocenters. The van der Waals surface area contributed by atoms with Crippen LogP contribution in [0.5, 0.6) is 11.5 Å². The number of rotatable bonds is 6. The molecule has 1 heterocycles. The van der Waals surface area contributed by atoms with Crippen molar-refractivity contribution < 1.29 is 22.7 Å². The summed E-state index contributed by atoms with van der Waals surface area (Å²) in [7, 11) is 1.60. The number of urea groups is 1. The minimum atomic E-state index is -4.65. The molecule has 0 fully saturated rings. The second kappa shape index (κ2) is 11.1. The molecule has 0 aliphatic carbocycles. The van der Waals surface area contributed by atoms with Gasteiger partial charge >= 0.3 is 12.2 Å². The SMILES string of the molecule is CN=CC(=CN)c1cc(Oc2ccc(NC(=O)Nc3ccc(Cl)c(C(F)(F)F)c3)cc2)c(Cl)cn1. The number of aliphatic imine (C=N–C) groups is 1. The lowest BCUT2D eigenvalue weighted by Gasteiger charge is -2.13. The summed E-state index contributed by atoms with van der Waals surface area (Å²) < 4.78 is 44.8. The first-order valence-corrected chi connectivity index (χ1v) is 10.6. The van der Waals surface area contributed by atoms with Crippen molar-refractivity contribution in [3.8, 4) is 11.5 Å². The lowest BCUT2D eigenvalue weighted by molar-refractivity contribution is -0.137. The Kier molecular flexibility index (Phi) is 8.21. The van der Waals surface area contributed by atoms with Gasteiger partial charge in [0.1, 0.15) is 16.5 Å². The predicted molar refractivity (Wildman–Crippen MR) is 131 cm³/mol. The number of carbonyl (C=O) groups is 1. The quantitative estimate of drug-likeness (QED) is 0.307. The minimum Gasteiger partial charge on any atom is -0.456 e. The van der Waals surface area contributed by atoms with Crippen molar-refractivity contribution in [3.05, 3.63) is 82.2 Å². The maximum absolute atomic E-state index is 13.0. The first-order valence-electron chi connectivity index (χ1n) is 9.83. The van der Waals surface area contributed by atoms with E-state index in [0.29, 0.717) is 28.5 Å². The molecule has 0 saturated heterocycles. The molecule has 3 aromatic rings. The number of anilines is 2. The second-order valence-electron chi connectivity index (χ2n) is 6.91. The number of nitrogens with zero attached hydrogens (tertiary/aromatic N) is 2. The molecular weight excluding hydrogens is 506 g/mol. The van der Waals surface area contributed by atoms with Gasteiger partial charge < -0.3 is 21.1 Å². The van der Waals surface area contributed by atoms with E-state index < -0.39 is 22.8 Å². The highest BCUT2D eigenvalue weighted by atomic mass is 35.5. The van der Waals surface area contributed by atoms with Gasteiger partial charge in [-0.05, 0) is 42.5 Å². The summed E-state index contributed by atoms with van der Waals surface area (Å²) in [5, 5.41) is 4.66. The molecule has 0 aliphatic heterocycles. The number of amides is 2. The Hall–Kier alpha value is -3.76. The Bertz CT molecular complexity index is 1280. The first kappa shape index (κ1) is 25.9. The Labute approximate surface area is 208 Å². The van der Waals surface area contributed by atoms with Gasteiger partial charge in [-0.15, -0.1) is 0 Å². The maximum Gasteiger partial charge on any atom is 0.417 e. The molecule has 3 rings (SSSR count). The topological polar surface area (TPSA) is 102 Å². The molecule has 182 valence electrons. The Morgan fingerprint density at radius 1 is 1.06 bits per heavy atom. The van der Waals surface area contributed by atoms with E-state index in [9.17, 15) is 18.0 Å². The van der Waals surface area contributed by atoms with E-state index in [-0.39, 0.29) is 10.7 Å². The third-order valence-electron chi connectivity index (χ3n) is 4.43. The summed E-state index contributed by atoms with van der Waals surface area (Å²) in [5.74, 6) is 0.729. The highest BCUT2D eigenvalue weighted by Gasteiger charge is 2.33. The van der Waals surface area contributed by atoms with Gasteiger partial charge in [0.05, 0.1) is 16.3 Å². The summed E-state index contributed by atoms with van der Waals surface area (Å²) in [6.07, 6.45) is -0.336. The zero-order valence-electron chi connectivity index (χ0n) is 18.0. The van der Waals surface area contributed by atoms with E-state index in [1.165, 1.54) is 18.5 Å². The lowest BCUT2D eigenvalue weighted by Crippen LogP contribution is -2.19. The molecule has 0 bridgehead atoms. The molecule has 0 radical (unpaired) electrons. The zero-order valence-corrected chi connectivity index (χ0v) is 19.5. The Balaban J connectivity index is 1.68. The van der Waals surface area contributed by atoms with Crippen LogP contribution in [0.4, 0.5) is 29.3 Å². The third kappa shape index (κ3) is 6.87. The van der Waals surface area contributed by atoms with Gasteiger partial charge in [-0.2, -0.15) is 13.2 Å². The van der Waals surface area contributed by atoms with E-state index >= 15 is 0 Å². The number of hydrogen-bond acceptors (Lipinski definition) is 5. The second-order valence-corrected chi connectivity index (χ2v) is 7.72. The van der Waals surface area contributed by atoms with E-state index in [1.54, 1.807) is 43.6 Å². The van der Waals surface area contributed by atoms with Gasteiger partial charge in [-0.1, -0.05) is 23.2 Å². The average molecular weight is 524 g/mol. The molecule has 0 spiro atoms. The van der Waals surface area contributed by atoms with Crippen LogP contribution in [-0.2, 0) is 6.18 Å². The number of ether oxygens (including phenoxy) is 1. The fourth-order valence-electron chi connectivity index (χ4n) is 2.84. The molecule has 0 unspecified atom stereocenters. The molecule has 0 saturated carbocycles. The third-order valence-corrected chi connectivity index (χ3v) is 5.05. The van der Waals surface area contributed by atoms with Crippen LogP contribution >= 0.6 is 23.2 Å². The smallest absolute Gasteiger partial charge is 0.417 e. The van der Waals surface area contributed by atoms with Gasteiger partial charge in [-0.3, -0.25) is 9.98 Å². The molecule has 2 aromatic carbocycles. The number of nitrogens with two attached hydrogens (primary N) is 1. The summed E-state index contributed by atoms with van der Waals surface area (Å²) in [6.45, 7) is 0. The summed E-state index contributed by atoms with van der Waals surface area (Å²) >= 11 is 11.8. The average Bonchev–Trinajstić information content (AvgIpc) is 2.81. The summed E-state index contributed by atoms with van der Waals surface area (Å²) in [5.41, 5.74) is 5.93. The largest absolute Gasteiger partial charge is 0.456 e. The Morgan fingerprint density at radius 2 is 1.71 bits per heavy atom. The van der Waals surface area contributed by atoms with E-state index in [1.807, 2.05) is 0 Å². The number of nitrogens with one attached hydrogen (secondary N) is 2. The highest BCUT2D eigenvalue weighted by molar-refractivity contribution is 6.32. The normalized spacial score (nSPS) is 12.0. The molecule has 12 heteroatoms. The molecular formula is C23H18Cl2F3N5O2. The van der Waals surface area contributed by atoms with Gasteiger partial charge in [-0.25, -0.2) is 4.79 Å². The fraction of sp³-hybridized carbons (Fsp3) is 0.0870. The van der Waals surface area contributed by atoms with Crippen LogP contribution in [0.2, 0.25) is 10.0 Å². The lowest BCUT2D eigenvalue weighted by atomic mass is 10.2. The minimum absolute atomic E-state index is 0.0682. The van der Waals surface area contributed by atoms with E-state index in [2.05, 4.69) is 20.6 Å². The summed E-state index contributed by atoms with van der Waals surface area (Å²) in [4.78, 5) is 20.3. The van der Waals surface area contributed by atoms with Crippen molar-refractivity contribution >= 4 is 52.4 Å². The number of halogens is 5. The number of alkyl halides is 3. The van der Waals surface area contributed by atoms with Crippen molar-refractivity contribution in [3.63, 3.8) is 0 Å². The monoisotopic (exact) mass is 523 g/mol. The maximum atomic E-state index is 13.0. The van der Waals surface area contributed by atoms with Crippen LogP contribution in [-0.4, -0.2) is 24.3 Å². The summed E-state index contributed by atoms with van der Waals surface area (Å²) in [6, 6.07) is 10.2. The molecule has 35 heavy (non-hydrogen) atoms. The van der Waals surface area contributed by atoms with Crippen molar-refractivity contribution in [1.82, 2.24) is 4.98 Å². The van der Waals surface area contributed by atoms with Crippen LogP contribution in [0.1, 0.15) is 11.3 Å². The Morgan fingerprint density at radius 3 is 2.34 bits per heavy atom. The number of pyridine rings is 1. The van der Waals surface area contributed by atoms with Crippen LogP contribution in [0.15, 0.2) is 65.9 Å². The van der Waals surface area contributed by atoms with Gasteiger partial charge in [0, 0.05) is 48.7 Å². The van der Waals surface area contributed by atoms with Crippen LogP contribution in [0.25, 0.3) is 5.57 Å². The van der Waals surface area contributed by atoms with E-state index in [4.69, 9.17) is 33.7 Å². The number of aromatic nitrogens is 1. The van der Waals surface area contributed by atoms with Crippen LogP contribution < -0.4 is 21.1 Å². The highest BCUT2D eigenvalue weighted by Crippen LogP contribution is 2.36. The fourth-order valence-corrected chi connectivity index (χ4v) is 3.20. The number of allylic oxidation sites excluding steroid dienone is 1. The molecule has 2 amide bonds. The molecule has 7 nitrogen and oxygen atoms in total. The van der Waals surface area contributed by atoms with Crippen molar-refractivity contribution in [2.24, 2.45) is 10.7 Å². The predicted octanol–water partition coefficient (Wildman–Crippen LogP) is 6.84. The number of hydrogen-bond donors (Lipinski definition) is 3. The molecule has 0 aliphatic rings. The van der Waals surface area contributed by atoms with Gasteiger partial charge in [0.2, 0.25) is 0 Å². The number of carbonyl (C=O) groups excluding carboxylic acids is 1. The number of benzene rings is 2. The molecule has 4 N–H and O–H groups in total. The van der Waals surface area contributed by atoms with Gasteiger partial charge in [0.15, 0.2) is 0 Å². The zero-order chi connectivity index (χ0) is 25.6.